The third kappa shape index (κ3) is 7.57. The van der Waals surface area contributed by atoms with E-state index in [1.54, 1.807) is 27.7 Å². The summed E-state index contributed by atoms with van der Waals surface area (Å²) in [5.41, 5.74) is -0.625. The third-order valence-corrected chi connectivity index (χ3v) is 1.99. The summed E-state index contributed by atoms with van der Waals surface area (Å²) in [5.74, 6) is -1.11. The minimum absolute atomic E-state index is 0.408. The van der Waals surface area contributed by atoms with Gasteiger partial charge < -0.3 is 20.3 Å². The van der Waals surface area contributed by atoms with Crippen LogP contribution in [0.2, 0.25) is 0 Å². The van der Waals surface area contributed by atoms with Gasteiger partial charge in [0.05, 0.1) is 18.6 Å². The molecule has 100 valence electrons. The van der Waals surface area contributed by atoms with Crippen LogP contribution in [0.1, 0.15) is 40.5 Å². The summed E-state index contributed by atoms with van der Waals surface area (Å²) in [6.07, 6.45) is -1.76. The normalized spacial score (nSPS) is 14.9. The molecule has 6 nitrogen and oxygen atoms in total. The zero-order valence-corrected chi connectivity index (χ0v) is 10.7. The van der Waals surface area contributed by atoms with Crippen LogP contribution < -0.4 is 5.32 Å². The quantitative estimate of drug-likeness (QED) is 0.676. The van der Waals surface area contributed by atoms with E-state index < -0.39 is 36.2 Å². The lowest BCUT2D eigenvalue weighted by Gasteiger charge is -2.25. The van der Waals surface area contributed by atoms with E-state index in [9.17, 15) is 14.7 Å². The highest BCUT2D eigenvalue weighted by Crippen LogP contribution is 2.09. The summed E-state index contributed by atoms with van der Waals surface area (Å²) < 4.78 is 5.02. The molecule has 0 bridgehead atoms. The number of aliphatic hydroxyl groups is 1. The van der Waals surface area contributed by atoms with Crippen molar-refractivity contribution in [3.8, 4) is 0 Å². The zero-order valence-electron chi connectivity index (χ0n) is 10.7. The number of rotatable bonds is 5. The maximum absolute atomic E-state index is 11.4. The number of aliphatic hydroxyl groups excluding tert-OH is 1. The minimum Gasteiger partial charge on any atom is -0.481 e. The molecule has 0 aromatic carbocycles. The highest BCUT2D eigenvalue weighted by atomic mass is 16.6. The molecule has 0 heterocycles. The Hall–Kier alpha value is -1.30. The average Bonchev–Trinajstić information content (AvgIpc) is 2.09. The highest BCUT2D eigenvalue weighted by Gasteiger charge is 2.24. The van der Waals surface area contributed by atoms with Crippen LogP contribution in [0.25, 0.3) is 0 Å². The van der Waals surface area contributed by atoms with Gasteiger partial charge in [0.2, 0.25) is 0 Å². The number of nitrogens with one attached hydrogen (secondary N) is 1. The van der Waals surface area contributed by atoms with E-state index in [-0.39, 0.29) is 0 Å². The molecular weight excluding hydrogens is 226 g/mol. The summed E-state index contributed by atoms with van der Waals surface area (Å²) in [7, 11) is 0. The van der Waals surface area contributed by atoms with Gasteiger partial charge in [-0.3, -0.25) is 4.79 Å². The van der Waals surface area contributed by atoms with Crippen LogP contribution in [0.15, 0.2) is 0 Å². The molecule has 0 saturated carbocycles. The van der Waals surface area contributed by atoms with Crippen molar-refractivity contribution in [2.75, 3.05) is 0 Å². The smallest absolute Gasteiger partial charge is 0.407 e. The van der Waals surface area contributed by atoms with Crippen molar-refractivity contribution in [1.82, 2.24) is 5.32 Å². The van der Waals surface area contributed by atoms with E-state index in [0.29, 0.717) is 6.42 Å². The summed E-state index contributed by atoms with van der Waals surface area (Å²) >= 11 is 0. The lowest BCUT2D eigenvalue weighted by molar-refractivity contribution is -0.139. The molecule has 0 aliphatic carbocycles. The average molecular weight is 247 g/mol. The topological polar surface area (TPSA) is 95.9 Å². The van der Waals surface area contributed by atoms with Crippen LogP contribution in [0, 0.1) is 0 Å². The van der Waals surface area contributed by atoms with E-state index in [1.807, 2.05) is 0 Å². The number of carboxylic acid groups (broad SMARTS) is 1. The summed E-state index contributed by atoms with van der Waals surface area (Å²) in [5, 5.41) is 20.6. The molecule has 0 rings (SSSR count). The van der Waals surface area contributed by atoms with Crippen molar-refractivity contribution in [1.29, 1.82) is 0 Å². The first kappa shape index (κ1) is 15.7. The molecule has 0 aromatic heterocycles. The molecule has 6 heteroatoms. The number of carbonyl (C=O) groups is 2. The Labute approximate surface area is 101 Å². The molecule has 0 unspecified atom stereocenters. The number of hydrogen-bond donors (Lipinski definition) is 3. The van der Waals surface area contributed by atoms with Gasteiger partial charge in [0.1, 0.15) is 5.60 Å². The summed E-state index contributed by atoms with van der Waals surface area (Å²) in [4.78, 5) is 21.9. The number of aliphatic carboxylic acids is 1. The van der Waals surface area contributed by atoms with Crippen molar-refractivity contribution in [2.24, 2.45) is 0 Å². The molecule has 0 radical (unpaired) electrons. The monoisotopic (exact) mass is 247 g/mol. The van der Waals surface area contributed by atoms with Gasteiger partial charge in [-0.05, 0) is 27.2 Å². The van der Waals surface area contributed by atoms with Crippen molar-refractivity contribution in [3.63, 3.8) is 0 Å². The van der Waals surface area contributed by atoms with Gasteiger partial charge in [-0.1, -0.05) is 6.92 Å². The van der Waals surface area contributed by atoms with Crippen molar-refractivity contribution in [2.45, 2.75) is 58.3 Å². The molecule has 0 aromatic rings. The maximum atomic E-state index is 11.4. The lowest BCUT2D eigenvalue weighted by atomic mass is 10.1. The molecule has 0 saturated heterocycles. The molecule has 0 aliphatic heterocycles. The van der Waals surface area contributed by atoms with E-state index >= 15 is 0 Å². The number of ether oxygens (including phenoxy) is 1. The Kier molecular flexibility index (Phi) is 5.95. The van der Waals surface area contributed by atoms with E-state index in [1.165, 1.54) is 0 Å². The fraction of sp³-hybridized carbons (Fsp3) is 0.818. The highest BCUT2D eigenvalue weighted by molar-refractivity contribution is 5.69. The number of carboxylic acids is 1. The molecule has 17 heavy (non-hydrogen) atoms. The van der Waals surface area contributed by atoms with Crippen LogP contribution in [0.4, 0.5) is 4.79 Å². The first-order chi connectivity index (χ1) is 7.65. The molecule has 0 aliphatic rings. The second-order valence-corrected chi connectivity index (χ2v) is 4.83. The first-order valence-corrected chi connectivity index (χ1v) is 5.55. The van der Waals surface area contributed by atoms with Gasteiger partial charge in [-0.2, -0.15) is 0 Å². The van der Waals surface area contributed by atoms with Crippen LogP contribution >= 0.6 is 0 Å². The van der Waals surface area contributed by atoms with Crippen LogP contribution in [-0.4, -0.2) is 40.0 Å². The molecule has 1 amide bonds. The molecule has 0 fully saturated rings. The zero-order chi connectivity index (χ0) is 13.6. The van der Waals surface area contributed by atoms with Gasteiger partial charge in [0.15, 0.2) is 0 Å². The van der Waals surface area contributed by atoms with Crippen LogP contribution in [-0.2, 0) is 9.53 Å². The molecule has 3 N–H and O–H groups in total. The Morgan fingerprint density at radius 3 is 2.24 bits per heavy atom. The fourth-order valence-electron chi connectivity index (χ4n) is 1.25. The second-order valence-electron chi connectivity index (χ2n) is 4.83. The Morgan fingerprint density at radius 2 is 1.88 bits per heavy atom. The minimum atomic E-state index is -1.12. The van der Waals surface area contributed by atoms with Crippen LogP contribution in [0.5, 0.6) is 0 Å². The Balaban J connectivity index is 4.30. The molecule has 0 spiro atoms. The number of alkyl carbamates (subject to hydrolysis) is 1. The standard InChI is InChI=1S/C11H21NO5/c1-5-7(8(13)6-9(14)15)12-10(16)17-11(2,3)4/h7-8,13H,5-6H2,1-4H3,(H,12,16)(H,14,15)/t7-,8+/m1/s1. The lowest BCUT2D eigenvalue weighted by Crippen LogP contribution is -2.45. The predicted molar refractivity (Wildman–Crippen MR) is 61.7 cm³/mol. The number of carbonyl (C=O) groups excluding carboxylic acids is 1. The molecule has 2 atom stereocenters. The fourth-order valence-corrected chi connectivity index (χ4v) is 1.25. The Morgan fingerprint density at radius 1 is 1.35 bits per heavy atom. The summed E-state index contributed by atoms with van der Waals surface area (Å²) in [6.45, 7) is 6.91. The van der Waals surface area contributed by atoms with Crippen LogP contribution in [0.3, 0.4) is 0 Å². The molecular formula is C11H21NO5. The van der Waals surface area contributed by atoms with Crippen molar-refractivity contribution < 1.29 is 24.5 Å². The third-order valence-electron chi connectivity index (χ3n) is 1.99. The van der Waals surface area contributed by atoms with Crippen molar-refractivity contribution >= 4 is 12.1 Å². The summed E-state index contributed by atoms with van der Waals surface area (Å²) in [6, 6.07) is -0.624. The van der Waals surface area contributed by atoms with Gasteiger partial charge in [0.25, 0.3) is 0 Å². The number of amides is 1. The second kappa shape index (κ2) is 6.44. The SMILES string of the molecule is CC[C@@H](NC(=O)OC(C)(C)C)[C@@H](O)CC(=O)O. The van der Waals surface area contributed by atoms with Gasteiger partial charge >= 0.3 is 12.1 Å². The van der Waals surface area contributed by atoms with Crippen molar-refractivity contribution in [3.05, 3.63) is 0 Å². The predicted octanol–water partition coefficient (Wildman–Crippen LogP) is 1.13. The van der Waals surface area contributed by atoms with Gasteiger partial charge in [0, 0.05) is 0 Å². The number of hydrogen-bond acceptors (Lipinski definition) is 4. The van der Waals surface area contributed by atoms with E-state index in [2.05, 4.69) is 5.32 Å². The van der Waals surface area contributed by atoms with E-state index in [0.717, 1.165) is 0 Å². The Bertz CT molecular complexity index is 272. The first-order valence-electron chi connectivity index (χ1n) is 5.55. The van der Waals surface area contributed by atoms with Gasteiger partial charge in [-0.15, -0.1) is 0 Å². The van der Waals surface area contributed by atoms with E-state index in [4.69, 9.17) is 9.84 Å². The largest absolute Gasteiger partial charge is 0.481 e. The maximum Gasteiger partial charge on any atom is 0.407 e. The van der Waals surface area contributed by atoms with Gasteiger partial charge in [-0.25, -0.2) is 4.79 Å².